The molecule has 0 aromatic heterocycles. The van der Waals surface area contributed by atoms with Crippen molar-refractivity contribution < 1.29 is 9.53 Å². The number of ether oxygens (including phenoxy) is 1. The molecule has 0 aliphatic rings. The molecule has 2 nitrogen and oxygen atoms in total. The molecule has 0 bridgehead atoms. The average molecular weight is 340 g/mol. The second kappa shape index (κ2) is 6.64. The minimum Gasteiger partial charge on any atom is -0.461 e. The van der Waals surface area contributed by atoms with Gasteiger partial charge in [-0.25, -0.2) is 0 Å². The van der Waals surface area contributed by atoms with Gasteiger partial charge in [-0.3, -0.25) is 4.79 Å². The zero-order valence-electron chi connectivity index (χ0n) is 15.0. The fourth-order valence-corrected chi connectivity index (χ4v) is 3.62. The first-order valence-electron chi connectivity index (χ1n) is 8.78. The van der Waals surface area contributed by atoms with Crippen LogP contribution in [0.15, 0.2) is 72.8 Å². The molecular formula is C24H20O2. The van der Waals surface area contributed by atoms with Gasteiger partial charge in [-0.1, -0.05) is 72.8 Å². The lowest BCUT2D eigenvalue weighted by molar-refractivity contribution is -0.142. The van der Waals surface area contributed by atoms with Crippen molar-refractivity contribution in [3.05, 3.63) is 83.9 Å². The Kier molecular flexibility index (Phi) is 4.18. The van der Waals surface area contributed by atoms with E-state index in [1.807, 2.05) is 6.07 Å². The number of carbonyl (C=O) groups is 1. The maximum absolute atomic E-state index is 11.4. The second-order valence-electron chi connectivity index (χ2n) is 6.58. The lowest BCUT2D eigenvalue weighted by Gasteiger charge is -2.18. The first-order valence-corrected chi connectivity index (χ1v) is 8.78. The highest BCUT2D eigenvalue weighted by atomic mass is 16.5. The van der Waals surface area contributed by atoms with Crippen LogP contribution < -0.4 is 0 Å². The van der Waals surface area contributed by atoms with Crippen molar-refractivity contribution in [3.8, 4) is 11.1 Å². The Morgan fingerprint density at radius 1 is 0.769 bits per heavy atom. The number of carbonyl (C=O) groups excluding carboxylic acids is 1. The van der Waals surface area contributed by atoms with Crippen molar-refractivity contribution >= 4 is 27.5 Å². The van der Waals surface area contributed by atoms with Crippen molar-refractivity contribution in [3.63, 3.8) is 0 Å². The Morgan fingerprint density at radius 3 is 2.00 bits per heavy atom. The average Bonchev–Trinajstić information content (AvgIpc) is 2.66. The van der Waals surface area contributed by atoms with Crippen LogP contribution in [-0.2, 0) is 16.1 Å². The summed E-state index contributed by atoms with van der Waals surface area (Å²) in [5.41, 5.74) is 4.60. The fourth-order valence-electron chi connectivity index (χ4n) is 3.62. The zero-order valence-corrected chi connectivity index (χ0v) is 15.0. The molecule has 0 saturated carbocycles. The van der Waals surface area contributed by atoms with Crippen LogP contribution in [0.25, 0.3) is 32.7 Å². The summed E-state index contributed by atoms with van der Waals surface area (Å²) in [6.45, 7) is 3.86. The third-order valence-corrected chi connectivity index (χ3v) is 4.83. The van der Waals surface area contributed by atoms with Crippen molar-refractivity contribution in [2.45, 2.75) is 20.5 Å². The smallest absolute Gasteiger partial charge is 0.302 e. The van der Waals surface area contributed by atoms with Gasteiger partial charge in [-0.05, 0) is 50.7 Å². The van der Waals surface area contributed by atoms with Gasteiger partial charge in [0, 0.05) is 6.92 Å². The predicted molar refractivity (Wildman–Crippen MR) is 107 cm³/mol. The van der Waals surface area contributed by atoms with Gasteiger partial charge in [-0.2, -0.15) is 0 Å². The summed E-state index contributed by atoms with van der Waals surface area (Å²) in [4.78, 5) is 11.4. The molecule has 2 heteroatoms. The third-order valence-electron chi connectivity index (χ3n) is 4.83. The minimum absolute atomic E-state index is 0.265. The molecule has 4 rings (SSSR count). The Morgan fingerprint density at radius 2 is 1.35 bits per heavy atom. The van der Waals surface area contributed by atoms with Gasteiger partial charge in [0.25, 0.3) is 0 Å². The van der Waals surface area contributed by atoms with E-state index in [2.05, 4.69) is 73.7 Å². The van der Waals surface area contributed by atoms with Crippen molar-refractivity contribution in [1.82, 2.24) is 0 Å². The molecule has 0 fully saturated rings. The molecule has 26 heavy (non-hydrogen) atoms. The van der Waals surface area contributed by atoms with Gasteiger partial charge in [0.1, 0.15) is 6.61 Å². The van der Waals surface area contributed by atoms with Crippen LogP contribution in [0, 0.1) is 6.92 Å². The summed E-state index contributed by atoms with van der Waals surface area (Å²) < 4.78 is 5.35. The van der Waals surface area contributed by atoms with E-state index in [1.165, 1.54) is 39.6 Å². The van der Waals surface area contributed by atoms with Crippen molar-refractivity contribution in [2.75, 3.05) is 0 Å². The van der Waals surface area contributed by atoms with Crippen molar-refractivity contribution in [1.29, 1.82) is 0 Å². The normalized spacial score (nSPS) is 11.0. The molecule has 0 spiro atoms. The summed E-state index contributed by atoms with van der Waals surface area (Å²) >= 11 is 0. The van der Waals surface area contributed by atoms with Crippen LogP contribution in [0.2, 0.25) is 0 Å². The van der Waals surface area contributed by atoms with Gasteiger partial charge in [0.2, 0.25) is 0 Å². The van der Waals surface area contributed by atoms with Gasteiger partial charge in [0.15, 0.2) is 0 Å². The third kappa shape index (κ3) is 2.84. The van der Waals surface area contributed by atoms with Crippen molar-refractivity contribution in [2.24, 2.45) is 0 Å². The molecule has 0 aliphatic carbocycles. The topological polar surface area (TPSA) is 26.3 Å². The Balaban J connectivity index is 2.08. The van der Waals surface area contributed by atoms with Crippen LogP contribution in [0.3, 0.4) is 0 Å². The maximum atomic E-state index is 11.4. The number of benzene rings is 4. The first kappa shape index (κ1) is 16.3. The summed E-state index contributed by atoms with van der Waals surface area (Å²) in [5, 5.41) is 4.78. The van der Waals surface area contributed by atoms with E-state index in [4.69, 9.17) is 4.74 Å². The lowest BCUT2D eigenvalue weighted by atomic mass is 9.87. The number of esters is 1. The largest absolute Gasteiger partial charge is 0.461 e. The monoisotopic (exact) mass is 340 g/mol. The van der Waals surface area contributed by atoms with Gasteiger partial charge in [-0.15, -0.1) is 0 Å². The summed E-state index contributed by atoms with van der Waals surface area (Å²) in [6.07, 6.45) is 0. The molecule has 0 N–H and O–H groups in total. The fraction of sp³-hybridized carbons (Fsp3) is 0.125. The predicted octanol–water partition coefficient (Wildman–Crippen LogP) is 6.03. The maximum Gasteiger partial charge on any atom is 0.302 e. The van der Waals surface area contributed by atoms with E-state index in [1.54, 1.807) is 0 Å². The van der Waals surface area contributed by atoms with Crippen LogP contribution in [0.5, 0.6) is 0 Å². The molecule has 0 saturated heterocycles. The Labute approximate surface area is 153 Å². The quantitative estimate of drug-likeness (QED) is 0.426. The molecule has 4 aromatic carbocycles. The summed E-state index contributed by atoms with van der Waals surface area (Å²) in [5.74, 6) is -0.265. The van der Waals surface area contributed by atoms with Crippen LogP contribution in [0.4, 0.5) is 0 Å². The van der Waals surface area contributed by atoms with E-state index in [0.29, 0.717) is 0 Å². The number of rotatable bonds is 3. The van der Waals surface area contributed by atoms with E-state index in [9.17, 15) is 4.79 Å². The SMILES string of the molecule is CC(=O)OCc1ccc2ccccc2c1-c1c(C)ccc2ccccc12. The molecule has 0 aliphatic heterocycles. The highest BCUT2D eigenvalue weighted by Gasteiger charge is 2.15. The second-order valence-corrected chi connectivity index (χ2v) is 6.58. The lowest BCUT2D eigenvalue weighted by Crippen LogP contribution is -2.02. The first-order chi connectivity index (χ1) is 12.6. The Bertz CT molecular complexity index is 1130. The van der Waals surface area contributed by atoms with E-state index >= 15 is 0 Å². The Hall–Kier alpha value is -3.13. The molecule has 128 valence electrons. The van der Waals surface area contributed by atoms with Gasteiger partial charge < -0.3 is 4.74 Å². The van der Waals surface area contributed by atoms with Crippen LogP contribution in [-0.4, -0.2) is 5.97 Å². The summed E-state index contributed by atoms with van der Waals surface area (Å²) in [6, 6.07) is 25.3. The number of fused-ring (bicyclic) bond motifs is 2. The van der Waals surface area contributed by atoms with E-state index < -0.39 is 0 Å². The molecule has 0 unspecified atom stereocenters. The number of hydrogen-bond donors (Lipinski definition) is 0. The molecule has 0 radical (unpaired) electrons. The standard InChI is InChI=1S/C24H20O2/c1-16-11-12-18-7-3-5-9-21(18)23(16)24-20(15-26-17(2)25)14-13-19-8-4-6-10-22(19)24/h3-14H,15H2,1-2H3. The minimum atomic E-state index is -0.265. The molecular weight excluding hydrogens is 320 g/mol. The molecule has 4 aromatic rings. The molecule has 0 amide bonds. The van der Waals surface area contributed by atoms with Gasteiger partial charge in [0.05, 0.1) is 0 Å². The van der Waals surface area contributed by atoms with E-state index in [0.717, 1.165) is 11.1 Å². The highest BCUT2D eigenvalue weighted by molar-refractivity contribution is 6.07. The zero-order chi connectivity index (χ0) is 18.1. The summed E-state index contributed by atoms with van der Waals surface area (Å²) in [7, 11) is 0. The number of aryl methyl sites for hydroxylation is 1. The van der Waals surface area contributed by atoms with Gasteiger partial charge >= 0.3 is 5.97 Å². The molecule has 0 atom stereocenters. The van der Waals surface area contributed by atoms with Crippen LogP contribution in [0.1, 0.15) is 18.1 Å². The van der Waals surface area contributed by atoms with Crippen LogP contribution >= 0.6 is 0 Å². The highest BCUT2D eigenvalue weighted by Crippen LogP contribution is 2.39. The van der Waals surface area contributed by atoms with E-state index in [-0.39, 0.29) is 12.6 Å². The number of hydrogen-bond acceptors (Lipinski definition) is 2. The molecule has 0 heterocycles.